The number of aliphatic hydroxyl groups excluding tert-OH is 2. The molecule has 0 fully saturated rings. The molecule has 0 spiro atoms. The molecule has 0 amide bonds. The fourth-order valence-corrected chi connectivity index (χ4v) is 0.573. The lowest BCUT2D eigenvalue weighted by Gasteiger charge is -2.16. The van der Waals surface area contributed by atoms with Gasteiger partial charge in [-0.2, -0.15) is 0 Å². The first-order chi connectivity index (χ1) is 5.28. The molecule has 3 heteroatoms. The van der Waals surface area contributed by atoms with Crippen LogP contribution in [-0.2, 0) is 4.74 Å². The van der Waals surface area contributed by atoms with Crippen LogP contribution in [0, 0.1) is 0 Å². The first-order valence-corrected chi connectivity index (χ1v) is 3.40. The van der Waals surface area contributed by atoms with Gasteiger partial charge in [-0.15, -0.1) is 13.2 Å². The van der Waals surface area contributed by atoms with Crippen molar-refractivity contribution in [3.63, 3.8) is 0 Å². The van der Waals surface area contributed by atoms with Crippen molar-refractivity contribution in [3.05, 3.63) is 25.3 Å². The number of aliphatic hydroxyl groups is 2. The van der Waals surface area contributed by atoms with Gasteiger partial charge in [0.15, 0.2) is 0 Å². The number of hydrogen-bond donors (Lipinski definition) is 2. The van der Waals surface area contributed by atoms with E-state index < -0.39 is 6.10 Å². The number of rotatable bonds is 6. The molecule has 0 atom stereocenters. The average Bonchev–Trinajstić information content (AvgIpc) is 2.07. The van der Waals surface area contributed by atoms with E-state index in [1.165, 1.54) is 0 Å². The monoisotopic (exact) mass is 158 g/mol. The largest absolute Gasteiger partial charge is 0.394 e. The minimum Gasteiger partial charge on any atom is -0.394 e. The quantitative estimate of drug-likeness (QED) is 0.539. The van der Waals surface area contributed by atoms with E-state index in [0.717, 1.165) is 0 Å². The van der Waals surface area contributed by atoms with Crippen LogP contribution in [0.1, 0.15) is 0 Å². The molecule has 2 N–H and O–H groups in total. The van der Waals surface area contributed by atoms with Crippen molar-refractivity contribution >= 4 is 0 Å². The van der Waals surface area contributed by atoms with Gasteiger partial charge in [-0.3, -0.25) is 0 Å². The zero-order chi connectivity index (χ0) is 8.69. The van der Waals surface area contributed by atoms with E-state index in [-0.39, 0.29) is 19.3 Å². The molecular weight excluding hydrogens is 144 g/mol. The Balaban J connectivity index is 3.76. The van der Waals surface area contributed by atoms with E-state index in [0.29, 0.717) is 0 Å². The Labute approximate surface area is 66.6 Å². The highest BCUT2D eigenvalue weighted by atomic mass is 16.5. The van der Waals surface area contributed by atoms with Crippen LogP contribution in [0.4, 0.5) is 0 Å². The molecule has 0 aliphatic heterocycles. The third-order valence-corrected chi connectivity index (χ3v) is 1.22. The lowest BCUT2D eigenvalue weighted by atomic mass is 10.3. The molecule has 0 rings (SSSR count). The van der Waals surface area contributed by atoms with E-state index in [1.54, 1.807) is 12.2 Å². The molecule has 0 saturated heterocycles. The third kappa shape index (κ3) is 3.93. The first kappa shape index (κ1) is 10.4. The summed E-state index contributed by atoms with van der Waals surface area (Å²) in [7, 11) is 0. The lowest BCUT2D eigenvalue weighted by Crippen LogP contribution is -2.26. The van der Waals surface area contributed by atoms with Crippen LogP contribution < -0.4 is 0 Å². The van der Waals surface area contributed by atoms with Gasteiger partial charge in [-0.1, -0.05) is 12.2 Å². The van der Waals surface area contributed by atoms with Gasteiger partial charge in [-0.05, 0) is 0 Å². The maximum Gasteiger partial charge on any atom is 0.105 e. The summed E-state index contributed by atoms with van der Waals surface area (Å²) < 4.78 is 5.11. The van der Waals surface area contributed by atoms with Gasteiger partial charge in [-0.25, -0.2) is 0 Å². The molecule has 0 aromatic rings. The minimum atomic E-state index is -0.545. The van der Waals surface area contributed by atoms with Gasteiger partial charge in [0, 0.05) is 0 Å². The van der Waals surface area contributed by atoms with Gasteiger partial charge in [0.2, 0.25) is 0 Å². The predicted molar refractivity (Wildman–Crippen MR) is 43.2 cm³/mol. The van der Waals surface area contributed by atoms with Crippen molar-refractivity contribution in [3.8, 4) is 0 Å². The second-order valence-electron chi connectivity index (χ2n) is 2.06. The van der Waals surface area contributed by atoms with Crippen molar-refractivity contribution < 1.29 is 14.9 Å². The van der Waals surface area contributed by atoms with E-state index in [1.807, 2.05) is 0 Å². The maximum atomic E-state index is 8.61. The van der Waals surface area contributed by atoms with E-state index in [9.17, 15) is 0 Å². The minimum absolute atomic E-state index is 0.200. The summed E-state index contributed by atoms with van der Waals surface area (Å²) in [5.41, 5.74) is 0. The van der Waals surface area contributed by atoms with Crippen molar-refractivity contribution in [2.45, 2.75) is 12.2 Å². The summed E-state index contributed by atoms with van der Waals surface area (Å²) in [4.78, 5) is 0. The van der Waals surface area contributed by atoms with Gasteiger partial charge in [0.25, 0.3) is 0 Å². The molecule has 0 aromatic carbocycles. The van der Waals surface area contributed by atoms with Crippen LogP contribution in [0.3, 0.4) is 0 Å². The molecule has 0 unspecified atom stereocenters. The summed E-state index contributed by atoms with van der Waals surface area (Å²) in [6, 6.07) is 0. The van der Waals surface area contributed by atoms with Crippen LogP contribution in [0.15, 0.2) is 25.3 Å². The number of hydrogen-bond acceptors (Lipinski definition) is 3. The van der Waals surface area contributed by atoms with Crippen LogP contribution in [0.25, 0.3) is 0 Å². The third-order valence-electron chi connectivity index (χ3n) is 1.22. The van der Waals surface area contributed by atoms with Crippen molar-refractivity contribution in [1.29, 1.82) is 0 Å². The van der Waals surface area contributed by atoms with E-state index >= 15 is 0 Å². The Bertz CT molecular complexity index is 111. The average molecular weight is 158 g/mol. The Morgan fingerprint density at radius 1 is 1.18 bits per heavy atom. The molecule has 64 valence electrons. The second-order valence-corrected chi connectivity index (χ2v) is 2.06. The molecular formula is C8H14O3. The molecule has 0 aromatic heterocycles. The zero-order valence-corrected chi connectivity index (χ0v) is 6.44. The summed E-state index contributed by atoms with van der Waals surface area (Å²) >= 11 is 0. The highest BCUT2D eigenvalue weighted by molar-refractivity contribution is 4.94. The summed E-state index contributed by atoms with van der Waals surface area (Å²) in [5, 5.41) is 17.2. The normalized spacial score (nSPS) is 10.5. The van der Waals surface area contributed by atoms with Gasteiger partial charge >= 0.3 is 0 Å². The summed E-state index contributed by atoms with van der Waals surface area (Å²) in [6.07, 6.45) is 2.24. The van der Waals surface area contributed by atoms with E-state index in [4.69, 9.17) is 14.9 Å². The topological polar surface area (TPSA) is 49.7 Å². The van der Waals surface area contributed by atoms with Crippen molar-refractivity contribution in [2.75, 3.05) is 13.2 Å². The summed E-state index contributed by atoms with van der Waals surface area (Å²) in [6.45, 7) is 6.59. The van der Waals surface area contributed by atoms with Crippen LogP contribution >= 0.6 is 0 Å². The Kier molecular flexibility index (Phi) is 5.74. The SMILES string of the molecule is C=CC(C=C)OC(CO)CO. The predicted octanol–water partition coefficient (Wildman–Crippen LogP) is 0.0968. The fraction of sp³-hybridized carbons (Fsp3) is 0.500. The highest BCUT2D eigenvalue weighted by Crippen LogP contribution is 1.99. The Morgan fingerprint density at radius 3 is 1.91 bits per heavy atom. The molecule has 0 saturated carbocycles. The van der Waals surface area contributed by atoms with Gasteiger partial charge < -0.3 is 14.9 Å². The van der Waals surface area contributed by atoms with Crippen LogP contribution in [0.2, 0.25) is 0 Å². The van der Waals surface area contributed by atoms with Crippen LogP contribution in [-0.4, -0.2) is 35.6 Å². The molecule has 0 bridgehead atoms. The Morgan fingerprint density at radius 2 is 1.64 bits per heavy atom. The zero-order valence-electron chi connectivity index (χ0n) is 6.44. The van der Waals surface area contributed by atoms with Crippen LogP contribution in [0.5, 0.6) is 0 Å². The standard InChI is InChI=1S/C8H14O3/c1-3-7(4-2)11-8(5-9)6-10/h3-4,7-10H,1-2,5-6H2. The van der Waals surface area contributed by atoms with Gasteiger partial charge in [0.1, 0.15) is 6.10 Å². The molecule has 0 heterocycles. The fourth-order valence-electron chi connectivity index (χ4n) is 0.573. The highest BCUT2D eigenvalue weighted by Gasteiger charge is 2.08. The molecule has 0 aliphatic carbocycles. The summed E-state index contributed by atoms with van der Waals surface area (Å²) in [5.74, 6) is 0. The van der Waals surface area contributed by atoms with Crippen molar-refractivity contribution in [2.24, 2.45) is 0 Å². The molecule has 0 aliphatic rings. The van der Waals surface area contributed by atoms with Gasteiger partial charge in [0.05, 0.1) is 19.3 Å². The number of ether oxygens (including phenoxy) is 1. The molecule has 11 heavy (non-hydrogen) atoms. The maximum absolute atomic E-state index is 8.61. The lowest BCUT2D eigenvalue weighted by molar-refractivity contribution is -0.0305. The Hall–Kier alpha value is -0.640. The second kappa shape index (κ2) is 6.09. The molecule has 0 radical (unpaired) electrons. The smallest absolute Gasteiger partial charge is 0.105 e. The first-order valence-electron chi connectivity index (χ1n) is 3.40. The van der Waals surface area contributed by atoms with Crippen molar-refractivity contribution in [1.82, 2.24) is 0 Å². The molecule has 3 nitrogen and oxygen atoms in total. The van der Waals surface area contributed by atoms with E-state index in [2.05, 4.69) is 13.2 Å².